The monoisotopic (exact) mass is 343 g/mol. The molecule has 0 saturated carbocycles. The zero-order valence-electron chi connectivity index (χ0n) is 14.0. The number of hydrogen-bond donors (Lipinski definition) is 2. The molecule has 2 atom stereocenters. The van der Waals surface area contributed by atoms with Gasteiger partial charge in [-0.05, 0) is 12.0 Å². The van der Waals surface area contributed by atoms with Gasteiger partial charge in [0.25, 0.3) is 5.91 Å². The van der Waals surface area contributed by atoms with Crippen molar-refractivity contribution < 1.29 is 9.72 Å². The number of carbonyl (C=O) groups excluding carboxylic acids is 1. The average Bonchev–Trinajstić information content (AvgIpc) is 3.19. The molecular weight excluding hydrogens is 322 g/mol. The molecule has 0 unspecified atom stereocenters. The van der Waals surface area contributed by atoms with E-state index in [0.717, 1.165) is 12.0 Å². The van der Waals surface area contributed by atoms with Crippen molar-refractivity contribution in [2.24, 2.45) is 5.73 Å². The Kier molecular flexibility index (Phi) is 4.80. The fourth-order valence-corrected chi connectivity index (χ4v) is 3.34. The van der Waals surface area contributed by atoms with Gasteiger partial charge in [-0.15, -0.1) is 0 Å². The topological polar surface area (TPSA) is 118 Å². The van der Waals surface area contributed by atoms with E-state index in [1.54, 1.807) is 4.90 Å². The Morgan fingerprint density at radius 3 is 2.76 bits per heavy atom. The summed E-state index contributed by atoms with van der Waals surface area (Å²) in [6, 6.07) is 9.54. The molecule has 1 amide bonds. The SMILES string of the molecule is CCCc1[nH]nc(C(=O)N2C[C@@H](N)[C@H](c3ccccc3)C2)c1[N+](=O)[O-]. The molecule has 3 N–H and O–H groups in total. The number of aromatic amines is 1. The Morgan fingerprint density at radius 1 is 1.40 bits per heavy atom. The molecule has 0 radical (unpaired) electrons. The number of amides is 1. The van der Waals surface area contributed by atoms with Crippen molar-refractivity contribution in [3.63, 3.8) is 0 Å². The van der Waals surface area contributed by atoms with Crippen LogP contribution in [-0.2, 0) is 6.42 Å². The Balaban J connectivity index is 1.84. The smallest absolute Gasteiger partial charge is 0.322 e. The first-order valence-electron chi connectivity index (χ1n) is 8.34. The maximum absolute atomic E-state index is 12.8. The molecule has 1 aromatic carbocycles. The predicted molar refractivity (Wildman–Crippen MR) is 92.3 cm³/mol. The third-order valence-electron chi connectivity index (χ3n) is 4.58. The van der Waals surface area contributed by atoms with Crippen molar-refractivity contribution in [1.82, 2.24) is 15.1 Å². The zero-order valence-corrected chi connectivity index (χ0v) is 14.0. The lowest BCUT2D eigenvalue weighted by molar-refractivity contribution is -0.385. The molecule has 8 heteroatoms. The van der Waals surface area contributed by atoms with Gasteiger partial charge in [0.15, 0.2) is 0 Å². The van der Waals surface area contributed by atoms with E-state index in [1.807, 2.05) is 37.3 Å². The lowest BCUT2D eigenvalue weighted by atomic mass is 9.95. The molecule has 8 nitrogen and oxygen atoms in total. The quantitative estimate of drug-likeness (QED) is 0.634. The number of aryl methyl sites for hydroxylation is 1. The number of likely N-dealkylation sites (tertiary alicyclic amines) is 1. The normalized spacial score (nSPS) is 20.0. The minimum atomic E-state index is -0.535. The first kappa shape index (κ1) is 17.1. The Labute approximate surface area is 145 Å². The molecule has 3 rings (SSSR count). The molecule has 1 aliphatic rings. The maximum Gasteiger partial charge on any atom is 0.322 e. The van der Waals surface area contributed by atoms with Crippen molar-refractivity contribution in [3.8, 4) is 0 Å². The first-order chi connectivity index (χ1) is 12.0. The van der Waals surface area contributed by atoms with Gasteiger partial charge < -0.3 is 10.6 Å². The number of benzene rings is 1. The van der Waals surface area contributed by atoms with Crippen LogP contribution in [0.15, 0.2) is 30.3 Å². The van der Waals surface area contributed by atoms with Crippen LogP contribution < -0.4 is 5.73 Å². The number of H-pyrrole nitrogens is 1. The van der Waals surface area contributed by atoms with E-state index in [4.69, 9.17) is 5.73 Å². The highest BCUT2D eigenvalue weighted by molar-refractivity contribution is 5.96. The summed E-state index contributed by atoms with van der Waals surface area (Å²) in [5.74, 6) is -0.433. The van der Waals surface area contributed by atoms with Crippen molar-refractivity contribution in [2.45, 2.75) is 31.7 Å². The largest absolute Gasteiger partial charge is 0.335 e. The van der Waals surface area contributed by atoms with Gasteiger partial charge in [-0.1, -0.05) is 43.7 Å². The molecule has 25 heavy (non-hydrogen) atoms. The van der Waals surface area contributed by atoms with Crippen molar-refractivity contribution >= 4 is 11.6 Å². The number of nitro groups is 1. The van der Waals surface area contributed by atoms with Gasteiger partial charge in [-0.3, -0.25) is 20.0 Å². The summed E-state index contributed by atoms with van der Waals surface area (Å²) in [5, 5.41) is 18.0. The van der Waals surface area contributed by atoms with E-state index in [2.05, 4.69) is 10.2 Å². The highest BCUT2D eigenvalue weighted by Crippen LogP contribution is 2.30. The number of carbonyl (C=O) groups is 1. The van der Waals surface area contributed by atoms with Gasteiger partial charge in [0.05, 0.1) is 4.92 Å². The Hall–Kier alpha value is -2.74. The molecule has 2 aromatic rings. The Bertz CT molecular complexity index is 774. The molecule has 0 spiro atoms. The molecule has 1 aliphatic heterocycles. The molecule has 2 heterocycles. The lowest BCUT2D eigenvalue weighted by Gasteiger charge is -2.15. The summed E-state index contributed by atoms with van der Waals surface area (Å²) in [5.41, 5.74) is 7.31. The second-order valence-electron chi connectivity index (χ2n) is 6.30. The van der Waals surface area contributed by atoms with Gasteiger partial charge in [0.1, 0.15) is 5.69 Å². The van der Waals surface area contributed by atoms with E-state index in [0.29, 0.717) is 25.2 Å². The van der Waals surface area contributed by atoms with Gasteiger partial charge in [0, 0.05) is 25.0 Å². The van der Waals surface area contributed by atoms with Crippen LogP contribution in [0.4, 0.5) is 5.69 Å². The minimum Gasteiger partial charge on any atom is -0.335 e. The molecule has 1 saturated heterocycles. The lowest BCUT2D eigenvalue weighted by Crippen LogP contribution is -2.32. The van der Waals surface area contributed by atoms with Crippen LogP contribution in [0.3, 0.4) is 0 Å². The van der Waals surface area contributed by atoms with E-state index in [9.17, 15) is 14.9 Å². The minimum absolute atomic E-state index is 0.0123. The molecule has 1 aromatic heterocycles. The van der Waals surface area contributed by atoms with Crippen molar-refractivity contribution in [1.29, 1.82) is 0 Å². The van der Waals surface area contributed by atoms with Crippen LogP contribution in [0.25, 0.3) is 0 Å². The van der Waals surface area contributed by atoms with Crippen LogP contribution in [0.2, 0.25) is 0 Å². The van der Waals surface area contributed by atoms with E-state index in [1.165, 1.54) is 0 Å². The summed E-state index contributed by atoms with van der Waals surface area (Å²) < 4.78 is 0. The highest BCUT2D eigenvalue weighted by Gasteiger charge is 2.38. The van der Waals surface area contributed by atoms with E-state index < -0.39 is 10.8 Å². The van der Waals surface area contributed by atoms with Gasteiger partial charge in [0.2, 0.25) is 5.69 Å². The van der Waals surface area contributed by atoms with Crippen LogP contribution >= 0.6 is 0 Å². The Morgan fingerprint density at radius 2 is 2.12 bits per heavy atom. The second kappa shape index (κ2) is 7.02. The average molecular weight is 343 g/mol. The van der Waals surface area contributed by atoms with Gasteiger partial charge >= 0.3 is 5.69 Å². The fourth-order valence-electron chi connectivity index (χ4n) is 3.34. The maximum atomic E-state index is 12.8. The molecule has 0 aliphatic carbocycles. The highest BCUT2D eigenvalue weighted by atomic mass is 16.6. The second-order valence-corrected chi connectivity index (χ2v) is 6.30. The summed E-state index contributed by atoms with van der Waals surface area (Å²) in [4.78, 5) is 25.2. The number of nitrogens with zero attached hydrogens (tertiary/aromatic N) is 3. The zero-order chi connectivity index (χ0) is 18.0. The van der Waals surface area contributed by atoms with Gasteiger partial charge in [-0.25, -0.2) is 0 Å². The summed E-state index contributed by atoms with van der Waals surface area (Å²) in [6.45, 7) is 2.69. The van der Waals surface area contributed by atoms with Crippen molar-refractivity contribution in [3.05, 3.63) is 57.4 Å². The fraction of sp³-hybridized carbons (Fsp3) is 0.412. The molecule has 0 bridgehead atoms. The van der Waals surface area contributed by atoms with E-state index >= 15 is 0 Å². The number of nitrogens with one attached hydrogen (secondary N) is 1. The molecule has 1 fully saturated rings. The van der Waals surface area contributed by atoms with Crippen LogP contribution in [0.5, 0.6) is 0 Å². The third-order valence-corrected chi connectivity index (χ3v) is 4.58. The van der Waals surface area contributed by atoms with Gasteiger partial charge in [-0.2, -0.15) is 5.10 Å². The molecule has 132 valence electrons. The number of hydrogen-bond acceptors (Lipinski definition) is 5. The predicted octanol–water partition coefficient (Wildman–Crippen LogP) is 1.84. The van der Waals surface area contributed by atoms with Crippen LogP contribution in [-0.4, -0.2) is 45.1 Å². The number of nitrogens with two attached hydrogens (primary N) is 1. The standard InChI is InChI=1S/C17H21N5O3/c1-2-6-14-16(22(24)25)15(20-19-14)17(23)21-9-12(13(18)10-21)11-7-4-3-5-8-11/h3-5,7-8,12-13H,2,6,9-10,18H2,1H3,(H,19,20)/t12-,13+/m0/s1. The van der Waals surface area contributed by atoms with Crippen LogP contribution in [0, 0.1) is 10.1 Å². The summed E-state index contributed by atoms with van der Waals surface area (Å²) >= 11 is 0. The van der Waals surface area contributed by atoms with E-state index in [-0.39, 0.29) is 23.3 Å². The third kappa shape index (κ3) is 3.25. The molecular formula is C17H21N5O3. The van der Waals surface area contributed by atoms with Crippen LogP contribution in [0.1, 0.15) is 41.0 Å². The number of rotatable bonds is 5. The first-order valence-corrected chi connectivity index (χ1v) is 8.34. The van der Waals surface area contributed by atoms with Crippen molar-refractivity contribution in [2.75, 3.05) is 13.1 Å². The summed E-state index contributed by atoms with van der Waals surface area (Å²) in [7, 11) is 0. The summed E-state index contributed by atoms with van der Waals surface area (Å²) in [6.07, 6.45) is 1.20. The number of aromatic nitrogens is 2.